The molecule has 1 aromatic carbocycles. The van der Waals surface area contributed by atoms with Crippen LogP contribution in [-0.4, -0.2) is 12.6 Å². The predicted molar refractivity (Wildman–Crippen MR) is 60.4 cm³/mol. The Kier molecular flexibility index (Phi) is 2.73. The molecule has 0 bridgehead atoms. The Morgan fingerprint density at radius 2 is 2.00 bits per heavy atom. The lowest BCUT2D eigenvalue weighted by molar-refractivity contribution is 0.645. The lowest BCUT2D eigenvalue weighted by Crippen LogP contribution is -2.30. The van der Waals surface area contributed by atoms with Crippen molar-refractivity contribution in [2.24, 2.45) is 11.7 Å². The van der Waals surface area contributed by atoms with Gasteiger partial charge in [-0.15, -0.1) is 0 Å². The van der Waals surface area contributed by atoms with Crippen molar-refractivity contribution < 1.29 is 0 Å². The van der Waals surface area contributed by atoms with Crippen molar-refractivity contribution in [1.82, 2.24) is 0 Å². The van der Waals surface area contributed by atoms with Crippen LogP contribution in [0.3, 0.4) is 0 Å². The van der Waals surface area contributed by atoms with E-state index >= 15 is 0 Å². The van der Waals surface area contributed by atoms with Gasteiger partial charge >= 0.3 is 0 Å². The Bertz CT molecular complexity index is 288. The van der Waals surface area contributed by atoms with E-state index in [4.69, 9.17) is 5.73 Å². The molecule has 0 aromatic heterocycles. The number of rotatable bonds is 4. The first kappa shape index (κ1) is 9.53. The van der Waals surface area contributed by atoms with Crippen LogP contribution in [0.4, 0.5) is 5.69 Å². The second kappa shape index (κ2) is 4.01. The third-order valence-electron chi connectivity index (χ3n) is 2.85. The van der Waals surface area contributed by atoms with Crippen molar-refractivity contribution in [3.63, 3.8) is 0 Å². The van der Waals surface area contributed by atoms with Crippen LogP contribution >= 0.6 is 0 Å². The van der Waals surface area contributed by atoms with Crippen LogP contribution in [0.1, 0.15) is 18.4 Å². The summed E-state index contributed by atoms with van der Waals surface area (Å²) in [5, 5.41) is 3.49. The quantitative estimate of drug-likeness (QED) is 0.763. The summed E-state index contributed by atoms with van der Waals surface area (Å²) in [5.74, 6) is 0.807. The average Bonchev–Trinajstić information content (AvgIpc) is 3.01. The monoisotopic (exact) mass is 190 g/mol. The molecule has 1 fully saturated rings. The van der Waals surface area contributed by atoms with Crippen molar-refractivity contribution in [3.05, 3.63) is 29.8 Å². The Balaban J connectivity index is 1.98. The van der Waals surface area contributed by atoms with Crippen molar-refractivity contribution in [2.75, 3.05) is 11.9 Å². The normalized spacial score (nSPS) is 17.9. The first-order valence-electron chi connectivity index (χ1n) is 5.33. The third kappa shape index (κ3) is 2.26. The second-order valence-corrected chi connectivity index (χ2v) is 4.19. The molecule has 0 heterocycles. The molecule has 0 aliphatic heterocycles. The van der Waals surface area contributed by atoms with Gasteiger partial charge < -0.3 is 11.1 Å². The Morgan fingerprint density at radius 3 is 2.50 bits per heavy atom. The minimum atomic E-state index is 0.470. The molecule has 76 valence electrons. The summed E-state index contributed by atoms with van der Waals surface area (Å²) in [6, 6.07) is 8.98. The molecular weight excluding hydrogens is 172 g/mol. The fraction of sp³-hybridized carbons (Fsp3) is 0.500. The molecule has 14 heavy (non-hydrogen) atoms. The van der Waals surface area contributed by atoms with Gasteiger partial charge in [0.2, 0.25) is 0 Å². The number of nitrogens with one attached hydrogen (secondary N) is 1. The Morgan fingerprint density at radius 1 is 1.36 bits per heavy atom. The van der Waals surface area contributed by atoms with Gasteiger partial charge in [-0.1, -0.05) is 17.7 Å². The highest BCUT2D eigenvalue weighted by atomic mass is 15.0. The maximum atomic E-state index is 5.73. The summed E-state index contributed by atoms with van der Waals surface area (Å²) in [5.41, 5.74) is 8.22. The summed E-state index contributed by atoms with van der Waals surface area (Å²) in [6.45, 7) is 2.84. The van der Waals surface area contributed by atoms with E-state index in [0.29, 0.717) is 6.04 Å². The van der Waals surface area contributed by atoms with Gasteiger partial charge in [0.1, 0.15) is 0 Å². The molecule has 2 rings (SSSR count). The highest BCUT2D eigenvalue weighted by Crippen LogP contribution is 2.33. The number of hydrogen-bond donors (Lipinski definition) is 2. The Labute approximate surface area is 85.5 Å². The van der Waals surface area contributed by atoms with Gasteiger partial charge in [0.15, 0.2) is 0 Å². The summed E-state index contributed by atoms with van der Waals surface area (Å²) in [4.78, 5) is 0. The number of nitrogens with two attached hydrogens (primary N) is 1. The molecule has 1 unspecified atom stereocenters. The van der Waals surface area contributed by atoms with Crippen molar-refractivity contribution >= 4 is 5.69 Å². The summed E-state index contributed by atoms with van der Waals surface area (Å²) < 4.78 is 0. The van der Waals surface area contributed by atoms with E-state index < -0.39 is 0 Å². The van der Waals surface area contributed by atoms with Crippen molar-refractivity contribution in [1.29, 1.82) is 0 Å². The van der Waals surface area contributed by atoms with Crippen molar-refractivity contribution in [3.8, 4) is 0 Å². The van der Waals surface area contributed by atoms with Gasteiger partial charge in [-0.25, -0.2) is 0 Å². The zero-order valence-electron chi connectivity index (χ0n) is 8.66. The zero-order chi connectivity index (χ0) is 9.97. The standard InChI is InChI=1S/C12H18N2/c1-9-2-6-11(7-3-9)14-12(8-13)10-4-5-10/h2-3,6-7,10,12,14H,4-5,8,13H2,1H3. The van der Waals surface area contributed by atoms with E-state index in [2.05, 4.69) is 36.5 Å². The van der Waals surface area contributed by atoms with E-state index in [-0.39, 0.29) is 0 Å². The van der Waals surface area contributed by atoms with E-state index in [0.717, 1.165) is 12.5 Å². The molecule has 1 aliphatic carbocycles. The molecule has 2 heteroatoms. The minimum Gasteiger partial charge on any atom is -0.381 e. The van der Waals surface area contributed by atoms with E-state index in [1.807, 2.05) is 0 Å². The molecule has 1 saturated carbocycles. The maximum absolute atomic E-state index is 5.73. The smallest absolute Gasteiger partial charge is 0.0411 e. The SMILES string of the molecule is Cc1ccc(NC(CN)C2CC2)cc1. The predicted octanol–water partition coefficient (Wildman–Crippen LogP) is 2.14. The second-order valence-electron chi connectivity index (χ2n) is 4.19. The third-order valence-corrected chi connectivity index (χ3v) is 2.85. The van der Waals surface area contributed by atoms with Gasteiger partial charge in [0.05, 0.1) is 0 Å². The number of anilines is 1. The van der Waals surface area contributed by atoms with Gasteiger partial charge in [-0.2, -0.15) is 0 Å². The van der Waals surface area contributed by atoms with Gasteiger partial charge in [-0.05, 0) is 37.8 Å². The maximum Gasteiger partial charge on any atom is 0.0411 e. The molecule has 1 aliphatic rings. The first-order chi connectivity index (χ1) is 6.79. The molecule has 1 atom stereocenters. The lowest BCUT2D eigenvalue weighted by atomic mass is 10.1. The molecule has 0 saturated heterocycles. The molecular formula is C12H18N2. The zero-order valence-corrected chi connectivity index (χ0v) is 8.66. The summed E-state index contributed by atoms with van der Waals surface area (Å²) in [6.07, 6.45) is 2.67. The van der Waals surface area contributed by atoms with Gasteiger partial charge in [-0.3, -0.25) is 0 Å². The van der Waals surface area contributed by atoms with Gasteiger partial charge in [0, 0.05) is 18.3 Å². The summed E-state index contributed by atoms with van der Waals surface area (Å²) >= 11 is 0. The van der Waals surface area contributed by atoms with Crippen LogP contribution in [-0.2, 0) is 0 Å². The molecule has 0 spiro atoms. The topological polar surface area (TPSA) is 38.0 Å². The lowest BCUT2D eigenvalue weighted by Gasteiger charge is -2.17. The Hall–Kier alpha value is -1.02. The minimum absolute atomic E-state index is 0.470. The van der Waals surface area contributed by atoms with E-state index in [1.54, 1.807) is 0 Å². The summed E-state index contributed by atoms with van der Waals surface area (Å²) in [7, 11) is 0. The van der Waals surface area contributed by atoms with E-state index in [9.17, 15) is 0 Å². The highest BCUT2D eigenvalue weighted by Gasteiger charge is 2.29. The van der Waals surface area contributed by atoms with Gasteiger partial charge in [0.25, 0.3) is 0 Å². The van der Waals surface area contributed by atoms with Crippen LogP contribution in [0.25, 0.3) is 0 Å². The molecule has 1 aromatic rings. The van der Waals surface area contributed by atoms with Crippen molar-refractivity contribution in [2.45, 2.75) is 25.8 Å². The number of aryl methyl sites for hydroxylation is 1. The molecule has 3 N–H and O–H groups in total. The average molecular weight is 190 g/mol. The molecule has 2 nitrogen and oxygen atoms in total. The number of hydrogen-bond acceptors (Lipinski definition) is 2. The van der Waals surface area contributed by atoms with Crippen LogP contribution in [0.15, 0.2) is 24.3 Å². The van der Waals surface area contributed by atoms with Crippen LogP contribution in [0, 0.1) is 12.8 Å². The number of benzene rings is 1. The highest BCUT2D eigenvalue weighted by molar-refractivity contribution is 5.45. The molecule has 0 radical (unpaired) electrons. The largest absolute Gasteiger partial charge is 0.381 e. The fourth-order valence-electron chi connectivity index (χ4n) is 1.73. The van der Waals surface area contributed by atoms with Crippen LogP contribution in [0.2, 0.25) is 0 Å². The van der Waals surface area contributed by atoms with Crippen LogP contribution in [0.5, 0.6) is 0 Å². The first-order valence-corrected chi connectivity index (χ1v) is 5.33. The fourth-order valence-corrected chi connectivity index (χ4v) is 1.73. The van der Waals surface area contributed by atoms with E-state index in [1.165, 1.54) is 24.1 Å². The van der Waals surface area contributed by atoms with Crippen LogP contribution < -0.4 is 11.1 Å². The molecule has 0 amide bonds.